The minimum absolute atomic E-state index is 0.0105. The summed E-state index contributed by atoms with van der Waals surface area (Å²) in [6, 6.07) is 0. The van der Waals surface area contributed by atoms with E-state index in [1.165, 1.54) is 0 Å². The lowest BCUT2D eigenvalue weighted by Crippen LogP contribution is -2.05. The van der Waals surface area contributed by atoms with Crippen LogP contribution in [0.2, 0.25) is 0 Å². The van der Waals surface area contributed by atoms with E-state index in [4.69, 9.17) is 4.20 Å². The first-order valence-corrected chi connectivity index (χ1v) is 8.92. The van der Waals surface area contributed by atoms with Gasteiger partial charge in [0.05, 0.1) is 0 Å². The van der Waals surface area contributed by atoms with Gasteiger partial charge in [-0.3, -0.25) is 0 Å². The average Bonchev–Trinajstić information content (AvgIpc) is 2.73. The Morgan fingerprint density at radius 3 is 2.32 bits per heavy atom. The maximum atomic E-state index is 12.5. The Morgan fingerprint density at radius 1 is 0.955 bits per heavy atom. The average molecular weight is 313 g/mol. The molecule has 22 heavy (non-hydrogen) atoms. The van der Waals surface area contributed by atoms with Crippen LogP contribution in [0.3, 0.4) is 0 Å². The zero-order valence-corrected chi connectivity index (χ0v) is 14.5. The molecule has 3 heteroatoms. The van der Waals surface area contributed by atoms with E-state index in [2.05, 4.69) is 64.2 Å². The van der Waals surface area contributed by atoms with E-state index in [1.54, 1.807) is 0 Å². The molecule has 0 spiro atoms. The van der Waals surface area contributed by atoms with Crippen molar-refractivity contribution in [2.75, 3.05) is 0 Å². The first-order valence-electron chi connectivity index (χ1n) is 7.75. The zero-order valence-electron chi connectivity index (χ0n) is 13.6. The van der Waals surface area contributed by atoms with Crippen molar-refractivity contribution in [2.24, 2.45) is 10.8 Å². The summed E-state index contributed by atoms with van der Waals surface area (Å²) in [4.78, 5) is 0. The highest BCUT2D eigenvalue weighted by Crippen LogP contribution is 2.41. The summed E-state index contributed by atoms with van der Waals surface area (Å²) in [5.41, 5.74) is 2.01. The first kappa shape index (κ1) is 15.2. The predicted molar refractivity (Wildman–Crippen MR) is 94.6 cm³/mol. The molecule has 2 unspecified atom stereocenters. The van der Waals surface area contributed by atoms with Crippen molar-refractivity contribution >= 4 is 32.0 Å². The normalized spacial score (nSPS) is 25.4. The number of hydrogen-bond donors (Lipinski definition) is 0. The van der Waals surface area contributed by atoms with Gasteiger partial charge in [0.1, 0.15) is 0 Å². The van der Waals surface area contributed by atoms with Crippen LogP contribution in [0.1, 0.15) is 56.3 Å². The van der Waals surface area contributed by atoms with Crippen LogP contribution in [0.5, 0.6) is 0 Å². The second kappa shape index (κ2) is 5.21. The molecule has 0 bridgehead atoms. The van der Waals surface area contributed by atoms with Crippen LogP contribution >= 0.6 is 7.65 Å². The molecule has 1 aromatic heterocycles. The van der Waals surface area contributed by atoms with Crippen molar-refractivity contribution in [3.05, 3.63) is 46.5 Å². The molecular weight excluding hydrogens is 291 g/mol. The van der Waals surface area contributed by atoms with Crippen molar-refractivity contribution in [2.45, 2.75) is 34.1 Å². The number of hydrogen-bond acceptors (Lipinski definition) is 2. The molecule has 2 atom stereocenters. The smallest absolute Gasteiger partial charge is 0.250 e. The van der Waals surface area contributed by atoms with Crippen LogP contribution in [-0.2, 0) is 4.57 Å². The van der Waals surface area contributed by atoms with E-state index in [0.29, 0.717) is 5.76 Å². The van der Waals surface area contributed by atoms with Gasteiger partial charge < -0.3 is 0 Å². The largest absolute Gasteiger partial charge is 0.597 e. The molecule has 0 fully saturated rings. The van der Waals surface area contributed by atoms with E-state index < -0.39 is 7.65 Å². The Labute approximate surface area is 132 Å². The lowest BCUT2D eigenvalue weighted by Gasteiger charge is -2.17. The highest BCUT2D eigenvalue weighted by molar-refractivity contribution is 7.31. The summed E-state index contributed by atoms with van der Waals surface area (Å²) in [5, 5.41) is 0.786. The lowest BCUT2D eigenvalue weighted by molar-refractivity contribution is 0.533. The molecule has 1 aromatic rings. The van der Waals surface area contributed by atoms with Gasteiger partial charge in [0.15, 0.2) is 5.76 Å². The summed E-state index contributed by atoms with van der Waals surface area (Å²) >= 11 is 0. The van der Waals surface area contributed by atoms with E-state index in [1.807, 2.05) is 12.2 Å². The van der Waals surface area contributed by atoms with Gasteiger partial charge in [0.25, 0.3) is 0 Å². The van der Waals surface area contributed by atoms with Gasteiger partial charge in [0.2, 0.25) is 5.30 Å². The SMILES string of the molecule is CCC1(C)C=Cc2o[p+](=O)c3c(c2C=C1)C=CC(C)(C)C=C3. The molecule has 0 saturated carbocycles. The van der Waals surface area contributed by atoms with Crippen LogP contribution < -0.4 is 0 Å². The predicted octanol–water partition coefficient (Wildman–Crippen LogP) is 6.54. The fourth-order valence-corrected chi connectivity index (χ4v) is 3.68. The molecule has 3 rings (SSSR count). The van der Waals surface area contributed by atoms with E-state index >= 15 is 0 Å². The van der Waals surface area contributed by atoms with Crippen molar-refractivity contribution < 1.29 is 8.76 Å². The molecule has 0 amide bonds. The number of fused-ring (bicyclic) bond motifs is 3. The van der Waals surface area contributed by atoms with Gasteiger partial charge in [-0.1, -0.05) is 64.2 Å². The van der Waals surface area contributed by atoms with Gasteiger partial charge >= 0.3 is 7.65 Å². The van der Waals surface area contributed by atoms with Gasteiger partial charge in [0, 0.05) is 22.0 Å². The third-order valence-corrected chi connectivity index (χ3v) is 5.71. The van der Waals surface area contributed by atoms with Crippen LogP contribution in [-0.4, -0.2) is 0 Å². The third-order valence-electron chi connectivity index (χ3n) is 4.57. The minimum atomic E-state index is -1.85. The first-order chi connectivity index (χ1) is 10.3. The Balaban J connectivity index is 2.27. The molecular formula is C19H22O2P+. The Hall–Kier alpha value is -1.66. The fourth-order valence-electron chi connectivity index (χ4n) is 2.65. The molecule has 0 N–H and O–H groups in total. The van der Waals surface area contributed by atoms with Gasteiger partial charge in [-0.2, -0.15) is 0 Å². The summed E-state index contributed by atoms with van der Waals surface area (Å²) < 4.78 is 18.2. The Bertz CT molecular complexity index is 790. The van der Waals surface area contributed by atoms with Crippen LogP contribution in [0.25, 0.3) is 24.3 Å². The van der Waals surface area contributed by atoms with Crippen LogP contribution in [0.4, 0.5) is 0 Å². The standard InChI is InChI=1S/C19H22O2P/c1-5-19(4)12-7-14-15-6-10-18(2,3)11-9-17(15)22(20)21-16(14)8-13-19/h6-13H,5H2,1-4H3/q+1. The Kier molecular flexibility index (Phi) is 3.61. The second-order valence-electron chi connectivity index (χ2n) is 6.94. The third kappa shape index (κ3) is 2.68. The zero-order chi connectivity index (χ0) is 16.0. The molecule has 114 valence electrons. The van der Waals surface area contributed by atoms with E-state index in [9.17, 15) is 4.57 Å². The van der Waals surface area contributed by atoms with Crippen molar-refractivity contribution in [3.8, 4) is 0 Å². The maximum absolute atomic E-state index is 12.5. The second-order valence-corrected chi connectivity index (χ2v) is 8.12. The molecule has 2 aliphatic rings. The summed E-state index contributed by atoms with van der Waals surface area (Å²) in [5.74, 6) is 0.714. The van der Waals surface area contributed by atoms with Crippen LogP contribution in [0.15, 0.2) is 28.5 Å². The molecule has 2 aliphatic carbocycles. The van der Waals surface area contributed by atoms with E-state index in [-0.39, 0.29) is 10.8 Å². The highest BCUT2D eigenvalue weighted by Gasteiger charge is 2.28. The van der Waals surface area contributed by atoms with Crippen molar-refractivity contribution in [1.29, 1.82) is 0 Å². The molecule has 0 aromatic carbocycles. The number of rotatable bonds is 1. The van der Waals surface area contributed by atoms with Crippen molar-refractivity contribution in [1.82, 2.24) is 0 Å². The van der Waals surface area contributed by atoms with Crippen LogP contribution in [0, 0.1) is 10.8 Å². The molecule has 1 heterocycles. The molecule has 0 aliphatic heterocycles. The molecule has 2 nitrogen and oxygen atoms in total. The van der Waals surface area contributed by atoms with E-state index in [0.717, 1.165) is 22.8 Å². The quantitative estimate of drug-likeness (QED) is 0.589. The van der Waals surface area contributed by atoms with Crippen molar-refractivity contribution in [3.63, 3.8) is 0 Å². The Morgan fingerprint density at radius 2 is 1.59 bits per heavy atom. The fraction of sp³-hybridized carbons (Fsp3) is 0.368. The van der Waals surface area contributed by atoms with Gasteiger partial charge in [-0.05, 0) is 23.1 Å². The van der Waals surface area contributed by atoms with Gasteiger partial charge in [-0.15, -0.1) is 0 Å². The lowest BCUT2D eigenvalue weighted by atomic mass is 9.87. The molecule has 0 saturated heterocycles. The highest BCUT2D eigenvalue weighted by atomic mass is 31.1. The number of allylic oxidation sites excluding steroid dienone is 4. The monoisotopic (exact) mass is 313 g/mol. The minimum Gasteiger partial charge on any atom is -0.250 e. The maximum Gasteiger partial charge on any atom is 0.597 e. The summed E-state index contributed by atoms with van der Waals surface area (Å²) in [6.07, 6.45) is 17.8. The summed E-state index contributed by atoms with van der Waals surface area (Å²) in [6.45, 7) is 8.64. The topological polar surface area (TPSA) is 30.2 Å². The van der Waals surface area contributed by atoms with Gasteiger partial charge in [-0.25, -0.2) is 4.20 Å². The summed E-state index contributed by atoms with van der Waals surface area (Å²) in [7, 11) is -1.85. The molecule has 0 radical (unpaired) electrons.